The standard InChI is InChI=1S/C17H24N2O3/c1-16(2)11-19(12-17(22-16)8-4-10-21-13-17)15(20)7-6-14-5-3-9-18-14/h3,5-7,9,18H,4,8,10-13H2,1-2H3/b7-6+. The first-order valence-corrected chi connectivity index (χ1v) is 7.86. The fraction of sp³-hybridized carbons (Fsp3) is 0.588. The minimum Gasteiger partial charge on any atom is -0.378 e. The summed E-state index contributed by atoms with van der Waals surface area (Å²) in [6.45, 7) is 6.63. The summed E-state index contributed by atoms with van der Waals surface area (Å²) in [5.74, 6) is 0.0240. The van der Waals surface area contributed by atoms with Gasteiger partial charge in [-0.2, -0.15) is 0 Å². The fourth-order valence-corrected chi connectivity index (χ4v) is 3.42. The van der Waals surface area contributed by atoms with Crippen LogP contribution < -0.4 is 0 Å². The molecule has 0 saturated carbocycles. The van der Waals surface area contributed by atoms with E-state index in [0.29, 0.717) is 19.7 Å². The molecule has 1 amide bonds. The van der Waals surface area contributed by atoms with Gasteiger partial charge in [-0.3, -0.25) is 4.79 Å². The van der Waals surface area contributed by atoms with Crippen LogP contribution in [0.4, 0.5) is 0 Å². The SMILES string of the molecule is CC1(C)CN(C(=O)/C=C/c2ccc[nH]2)CC2(CCCOC2)O1. The highest BCUT2D eigenvalue weighted by molar-refractivity contribution is 5.91. The molecule has 1 aromatic rings. The summed E-state index contributed by atoms with van der Waals surface area (Å²) < 4.78 is 11.9. The van der Waals surface area contributed by atoms with Crippen LogP contribution in [0.1, 0.15) is 32.4 Å². The summed E-state index contributed by atoms with van der Waals surface area (Å²) in [7, 11) is 0. The van der Waals surface area contributed by atoms with Gasteiger partial charge in [0.25, 0.3) is 0 Å². The second-order valence-corrected chi connectivity index (χ2v) is 6.85. The molecule has 2 saturated heterocycles. The van der Waals surface area contributed by atoms with Gasteiger partial charge in [0.1, 0.15) is 5.60 Å². The number of ether oxygens (including phenoxy) is 2. The van der Waals surface area contributed by atoms with E-state index in [0.717, 1.165) is 25.1 Å². The van der Waals surface area contributed by atoms with Gasteiger partial charge in [0.15, 0.2) is 0 Å². The third kappa shape index (κ3) is 3.42. The first-order chi connectivity index (χ1) is 10.5. The van der Waals surface area contributed by atoms with Gasteiger partial charge in [-0.05, 0) is 44.9 Å². The van der Waals surface area contributed by atoms with E-state index in [1.165, 1.54) is 0 Å². The lowest BCUT2D eigenvalue weighted by molar-refractivity contribution is -0.231. The van der Waals surface area contributed by atoms with Gasteiger partial charge in [0, 0.05) is 31.1 Å². The van der Waals surface area contributed by atoms with E-state index in [4.69, 9.17) is 9.47 Å². The number of aromatic nitrogens is 1. The highest BCUT2D eigenvalue weighted by Crippen LogP contribution is 2.34. The van der Waals surface area contributed by atoms with Crippen molar-refractivity contribution in [2.45, 2.75) is 37.9 Å². The Balaban J connectivity index is 1.73. The molecular formula is C17H24N2O3. The Bertz CT molecular complexity index is 542. The molecule has 22 heavy (non-hydrogen) atoms. The number of hydrogen-bond acceptors (Lipinski definition) is 3. The maximum absolute atomic E-state index is 12.5. The van der Waals surface area contributed by atoms with Crippen LogP contribution in [-0.2, 0) is 14.3 Å². The third-order valence-corrected chi connectivity index (χ3v) is 4.17. The Morgan fingerprint density at radius 2 is 2.27 bits per heavy atom. The van der Waals surface area contributed by atoms with Crippen molar-refractivity contribution in [3.8, 4) is 0 Å². The molecule has 0 bridgehead atoms. The first-order valence-electron chi connectivity index (χ1n) is 7.86. The third-order valence-electron chi connectivity index (χ3n) is 4.17. The average Bonchev–Trinajstić information content (AvgIpc) is 2.97. The van der Waals surface area contributed by atoms with Crippen molar-refractivity contribution in [3.63, 3.8) is 0 Å². The lowest BCUT2D eigenvalue weighted by Crippen LogP contribution is -2.63. The van der Waals surface area contributed by atoms with E-state index < -0.39 is 0 Å². The molecule has 1 aromatic heterocycles. The van der Waals surface area contributed by atoms with Crippen LogP contribution in [0.25, 0.3) is 6.08 Å². The number of hydrogen-bond donors (Lipinski definition) is 1. The van der Waals surface area contributed by atoms with Crippen LogP contribution in [-0.4, -0.2) is 53.3 Å². The summed E-state index contributed by atoms with van der Waals surface area (Å²) >= 11 is 0. The highest BCUT2D eigenvalue weighted by Gasteiger charge is 2.46. The van der Waals surface area contributed by atoms with Gasteiger partial charge < -0.3 is 19.4 Å². The number of carbonyl (C=O) groups is 1. The zero-order valence-electron chi connectivity index (χ0n) is 13.3. The predicted molar refractivity (Wildman–Crippen MR) is 84.4 cm³/mol. The number of rotatable bonds is 2. The zero-order chi connectivity index (χ0) is 15.6. The van der Waals surface area contributed by atoms with Gasteiger partial charge in [-0.1, -0.05) is 0 Å². The highest BCUT2D eigenvalue weighted by atomic mass is 16.6. The molecule has 0 aliphatic carbocycles. The number of amides is 1. The van der Waals surface area contributed by atoms with Crippen molar-refractivity contribution >= 4 is 12.0 Å². The van der Waals surface area contributed by atoms with E-state index in [9.17, 15) is 4.79 Å². The van der Waals surface area contributed by atoms with Crippen LogP contribution in [0.2, 0.25) is 0 Å². The minimum atomic E-state index is -0.352. The molecule has 1 spiro atoms. The molecule has 3 heterocycles. The summed E-state index contributed by atoms with van der Waals surface area (Å²) in [6.07, 6.45) is 7.22. The zero-order valence-corrected chi connectivity index (χ0v) is 13.3. The lowest BCUT2D eigenvalue weighted by Gasteiger charge is -2.51. The quantitative estimate of drug-likeness (QED) is 0.852. The average molecular weight is 304 g/mol. The maximum atomic E-state index is 12.5. The minimum absolute atomic E-state index is 0.0240. The van der Waals surface area contributed by atoms with Gasteiger partial charge in [0.2, 0.25) is 5.91 Å². The largest absolute Gasteiger partial charge is 0.378 e. The molecule has 120 valence electrons. The van der Waals surface area contributed by atoms with Crippen molar-refractivity contribution in [2.75, 3.05) is 26.3 Å². The number of aromatic amines is 1. The number of H-pyrrole nitrogens is 1. The number of morpholine rings is 1. The monoisotopic (exact) mass is 304 g/mol. The van der Waals surface area contributed by atoms with Crippen LogP contribution in [0.5, 0.6) is 0 Å². The molecular weight excluding hydrogens is 280 g/mol. The summed E-state index contributed by atoms with van der Waals surface area (Å²) in [4.78, 5) is 17.5. The number of nitrogens with zero attached hydrogens (tertiary/aromatic N) is 1. The van der Waals surface area contributed by atoms with Gasteiger partial charge in [-0.15, -0.1) is 0 Å². The molecule has 0 radical (unpaired) electrons. The maximum Gasteiger partial charge on any atom is 0.246 e. The van der Waals surface area contributed by atoms with E-state index >= 15 is 0 Å². The van der Waals surface area contributed by atoms with E-state index in [1.807, 2.05) is 43.2 Å². The Hall–Kier alpha value is -1.59. The second kappa shape index (κ2) is 5.89. The lowest BCUT2D eigenvalue weighted by atomic mass is 9.90. The van der Waals surface area contributed by atoms with Gasteiger partial charge >= 0.3 is 0 Å². The molecule has 0 aromatic carbocycles. The van der Waals surface area contributed by atoms with Crippen molar-refractivity contribution in [2.24, 2.45) is 0 Å². The van der Waals surface area contributed by atoms with E-state index in [1.54, 1.807) is 6.08 Å². The Kier molecular flexibility index (Phi) is 4.10. The molecule has 1 unspecified atom stereocenters. The Morgan fingerprint density at radius 3 is 2.95 bits per heavy atom. The molecule has 5 nitrogen and oxygen atoms in total. The van der Waals surface area contributed by atoms with Crippen molar-refractivity contribution < 1.29 is 14.3 Å². The van der Waals surface area contributed by atoms with Crippen LogP contribution in [0.3, 0.4) is 0 Å². The van der Waals surface area contributed by atoms with Crippen LogP contribution >= 0.6 is 0 Å². The van der Waals surface area contributed by atoms with E-state index in [-0.39, 0.29) is 17.1 Å². The van der Waals surface area contributed by atoms with Crippen molar-refractivity contribution in [1.82, 2.24) is 9.88 Å². The molecule has 1 N–H and O–H groups in total. The fourth-order valence-electron chi connectivity index (χ4n) is 3.42. The molecule has 5 heteroatoms. The van der Waals surface area contributed by atoms with Crippen LogP contribution in [0.15, 0.2) is 24.4 Å². The smallest absolute Gasteiger partial charge is 0.246 e. The Morgan fingerprint density at radius 1 is 1.41 bits per heavy atom. The number of nitrogens with one attached hydrogen (secondary N) is 1. The van der Waals surface area contributed by atoms with Crippen molar-refractivity contribution in [3.05, 3.63) is 30.1 Å². The summed E-state index contributed by atoms with van der Waals surface area (Å²) in [5, 5.41) is 0. The van der Waals surface area contributed by atoms with Crippen molar-refractivity contribution in [1.29, 1.82) is 0 Å². The molecule has 2 aliphatic heterocycles. The Labute approximate surface area is 131 Å². The van der Waals surface area contributed by atoms with Crippen LogP contribution in [0, 0.1) is 0 Å². The second-order valence-electron chi connectivity index (χ2n) is 6.85. The molecule has 3 rings (SSSR count). The first kappa shape index (κ1) is 15.3. The van der Waals surface area contributed by atoms with E-state index in [2.05, 4.69) is 4.98 Å². The summed E-state index contributed by atoms with van der Waals surface area (Å²) in [5.41, 5.74) is 0.224. The summed E-state index contributed by atoms with van der Waals surface area (Å²) in [6, 6.07) is 3.85. The molecule has 2 fully saturated rings. The topological polar surface area (TPSA) is 54.6 Å². The molecule has 1 atom stereocenters. The van der Waals surface area contributed by atoms with Gasteiger partial charge in [-0.25, -0.2) is 0 Å². The van der Waals surface area contributed by atoms with Gasteiger partial charge in [0.05, 0.1) is 18.8 Å². The number of carbonyl (C=O) groups excluding carboxylic acids is 1. The molecule has 2 aliphatic rings. The normalized spacial score (nSPS) is 28.4. The predicted octanol–water partition coefficient (Wildman–Crippen LogP) is 2.21.